The van der Waals surface area contributed by atoms with Crippen LogP contribution in [0.1, 0.15) is 52.4 Å². The Kier molecular flexibility index (Phi) is 10.4. The second kappa shape index (κ2) is 14.9. The third-order valence-electron chi connectivity index (χ3n) is 8.76. The lowest BCUT2D eigenvalue weighted by Crippen LogP contribution is -2.40. The normalized spacial score (nSPS) is 14.8. The second-order valence-electron chi connectivity index (χ2n) is 12.0. The van der Waals surface area contributed by atoms with Crippen LogP contribution in [0.5, 0.6) is 0 Å². The summed E-state index contributed by atoms with van der Waals surface area (Å²) in [6.07, 6.45) is 5.50. The number of hydrogen-bond acceptors (Lipinski definition) is 5. The highest BCUT2D eigenvalue weighted by Gasteiger charge is 2.24. The van der Waals surface area contributed by atoms with E-state index in [-0.39, 0.29) is 11.8 Å². The zero-order valence-corrected chi connectivity index (χ0v) is 28.0. The number of nitrogens with zero attached hydrogens (tertiary/aromatic N) is 4. The summed E-state index contributed by atoms with van der Waals surface area (Å²) in [7, 11) is 1.85. The van der Waals surface area contributed by atoms with E-state index in [9.17, 15) is 4.79 Å². The number of piperidine rings is 1. The van der Waals surface area contributed by atoms with Gasteiger partial charge in [-0.15, -0.1) is 0 Å². The van der Waals surface area contributed by atoms with E-state index in [1.54, 1.807) is 29.2 Å². The highest BCUT2D eigenvalue weighted by Crippen LogP contribution is 2.30. The Morgan fingerprint density at radius 3 is 2.54 bits per heavy atom. The molecule has 0 saturated carbocycles. The lowest BCUT2D eigenvalue weighted by atomic mass is 9.94. The van der Waals surface area contributed by atoms with Crippen molar-refractivity contribution >= 4 is 57.7 Å². The van der Waals surface area contributed by atoms with Crippen LogP contribution in [0, 0.1) is 0 Å². The number of aromatic amines is 1. The molecule has 1 aliphatic rings. The number of carbonyl (C=O) groups is 1. The molecular weight excluding hydrogens is 639 g/mol. The van der Waals surface area contributed by atoms with Gasteiger partial charge < -0.3 is 20.1 Å². The van der Waals surface area contributed by atoms with Crippen molar-refractivity contribution in [3.05, 3.63) is 123 Å². The number of likely N-dealkylation sites (N-methyl/N-ethyl adjacent to an activating group) is 1. The molecule has 1 fully saturated rings. The maximum Gasteiger partial charge on any atom is 0.253 e. The summed E-state index contributed by atoms with van der Waals surface area (Å²) in [4.78, 5) is 30.4. The number of halogens is 3. The number of para-hydroxylation sites is 1. The first-order chi connectivity index (χ1) is 22.3. The molecule has 2 N–H and O–H groups in total. The van der Waals surface area contributed by atoms with Gasteiger partial charge in [-0.2, -0.15) is 0 Å². The van der Waals surface area contributed by atoms with Crippen molar-refractivity contribution in [3.63, 3.8) is 0 Å². The topological polar surface area (TPSA) is 77.2 Å². The molecule has 0 aliphatic carbocycles. The van der Waals surface area contributed by atoms with Crippen molar-refractivity contribution in [3.8, 4) is 0 Å². The first-order valence-corrected chi connectivity index (χ1v) is 16.8. The van der Waals surface area contributed by atoms with Crippen LogP contribution in [0.15, 0.2) is 85.1 Å². The number of hydrogen-bond donors (Lipinski definition) is 2. The molecular formula is C36H37Cl3N6O. The van der Waals surface area contributed by atoms with Gasteiger partial charge in [0.05, 0.1) is 21.1 Å². The van der Waals surface area contributed by atoms with E-state index in [1.807, 2.05) is 49.6 Å². The van der Waals surface area contributed by atoms with Gasteiger partial charge in [-0.05, 0) is 91.5 Å². The smallest absolute Gasteiger partial charge is 0.253 e. The SMILES string of the molecule is CN(CC(CCN1CCC(Nc2nc3c(Cc4ccccn4)cccc3[nH]2)CC1)c1ccc(Cl)c(Cl)c1)C(=O)c1ccc(Cl)cc1. The zero-order chi connectivity index (χ0) is 32.0. The van der Waals surface area contributed by atoms with Crippen molar-refractivity contribution < 1.29 is 4.79 Å². The maximum absolute atomic E-state index is 13.2. The molecule has 5 aromatic rings. The number of pyridine rings is 1. The largest absolute Gasteiger partial charge is 0.353 e. The number of likely N-dealkylation sites (tertiary alicyclic amines) is 1. The minimum Gasteiger partial charge on any atom is -0.353 e. The molecule has 3 aromatic carbocycles. The highest BCUT2D eigenvalue weighted by molar-refractivity contribution is 6.42. The van der Waals surface area contributed by atoms with E-state index in [0.717, 1.165) is 79.1 Å². The van der Waals surface area contributed by atoms with Crippen molar-refractivity contribution in [1.82, 2.24) is 24.8 Å². The van der Waals surface area contributed by atoms with Crippen LogP contribution < -0.4 is 5.32 Å². The quantitative estimate of drug-likeness (QED) is 0.147. The van der Waals surface area contributed by atoms with Gasteiger partial charge in [0.25, 0.3) is 5.91 Å². The van der Waals surface area contributed by atoms with Crippen LogP contribution in [0.4, 0.5) is 5.95 Å². The number of benzene rings is 3. The summed E-state index contributed by atoms with van der Waals surface area (Å²) in [5.74, 6) is 0.876. The fourth-order valence-corrected chi connectivity index (χ4v) is 6.62. The number of fused-ring (bicyclic) bond motifs is 1. The molecule has 238 valence electrons. The summed E-state index contributed by atoms with van der Waals surface area (Å²) in [5.41, 5.74) is 5.90. The summed E-state index contributed by atoms with van der Waals surface area (Å²) in [6.45, 7) is 3.45. The van der Waals surface area contributed by atoms with E-state index in [0.29, 0.717) is 33.2 Å². The number of rotatable bonds is 11. The molecule has 0 radical (unpaired) electrons. The fraction of sp³-hybridized carbons (Fsp3) is 0.306. The van der Waals surface area contributed by atoms with Crippen LogP contribution in [-0.4, -0.2) is 69.9 Å². The predicted octanol–water partition coefficient (Wildman–Crippen LogP) is 8.33. The molecule has 1 saturated heterocycles. The van der Waals surface area contributed by atoms with E-state index in [1.165, 1.54) is 0 Å². The monoisotopic (exact) mass is 674 g/mol. The minimum absolute atomic E-state index is 0.0388. The average Bonchev–Trinajstić information content (AvgIpc) is 3.49. The lowest BCUT2D eigenvalue weighted by molar-refractivity contribution is 0.0782. The third-order valence-corrected chi connectivity index (χ3v) is 9.75. The molecule has 1 unspecified atom stereocenters. The van der Waals surface area contributed by atoms with Crippen molar-refractivity contribution in [2.45, 2.75) is 37.6 Å². The zero-order valence-electron chi connectivity index (χ0n) is 25.7. The Hall–Kier alpha value is -3.62. The molecule has 1 amide bonds. The number of anilines is 1. The first kappa shape index (κ1) is 32.3. The summed E-state index contributed by atoms with van der Waals surface area (Å²) in [5, 5.41) is 5.31. The van der Waals surface area contributed by atoms with E-state index in [2.05, 4.69) is 38.4 Å². The van der Waals surface area contributed by atoms with Gasteiger partial charge in [0.2, 0.25) is 5.95 Å². The molecule has 1 aliphatic heterocycles. The molecule has 6 rings (SSSR count). The van der Waals surface area contributed by atoms with Gasteiger partial charge in [-0.3, -0.25) is 9.78 Å². The Morgan fingerprint density at radius 1 is 1.00 bits per heavy atom. The summed E-state index contributed by atoms with van der Waals surface area (Å²) >= 11 is 18.7. The van der Waals surface area contributed by atoms with Gasteiger partial charge in [-0.25, -0.2) is 4.98 Å². The van der Waals surface area contributed by atoms with Crippen molar-refractivity contribution in [2.24, 2.45) is 0 Å². The van der Waals surface area contributed by atoms with Crippen LogP contribution in [0.25, 0.3) is 11.0 Å². The van der Waals surface area contributed by atoms with Crippen LogP contribution in [0.3, 0.4) is 0 Å². The highest BCUT2D eigenvalue weighted by atomic mass is 35.5. The summed E-state index contributed by atoms with van der Waals surface area (Å²) in [6, 6.07) is 25.4. The predicted molar refractivity (Wildman–Crippen MR) is 188 cm³/mol. The van der Waals surface area contributed by atoms with Gasteiger partial charge in [-0.1, -0.05) is 59.1 Å². The number of imidazole rings is 1. The number of aromatic nitrogens is 3. The van der Waals surface area contributed by atoms with Gasteiger partial charge in [0.15, 0.2) is 0 Å². The second-order valence-corrected chi connectivity index (χ2v) is 13.3. The molecule has 2 aromatic heterocycles. The maximum atomic E-state index is 13.2. The van der Waals surface area contributed by atoms with Crippen LogP contribution in [0.2, 0.25) is 15.1 Å². The Bertz CT molecular complexity index is 1770. The van der Waals surface area contributed by atoms with E-state index >= 15 is 0 Å². The molecule has 46 heavy (non-hydrogen) atoms. The average molecular weight is 676 g/mol. The van der Waals surface area contributed by atoms with Crippen LogP contribution >= 0.6 is 34.8 Å². The summed E-state index contributed by atoms with van der Waals surface area (Å²) < 4.78 is 0. The standard InChI is InChI=1S/C36H37Cl3N6O/c1-44(35(46)24-8-11-28(37)12-9-24)23-27(25-10-13-31(38)32(39)22-25)14-18-45-19-15-29(16-20-45)41-36-42-33-7-4-5-26(34(33)43-36)21-30-6-2-3-17-40-30/h2-13,17,22,27,29H,14-16,18-21,23H2,1H3,(H2,41,42,43). The number of nitrogens with one attached hydrogen (secondary N) is 2. The number of H-pyrrole nitrogens is 1. The van der Waals surface area contributed by atoms with Gasteiger partial charge >= 0.3 is 0 Å². The number of carbonyl (C=O) groups excluding carboxylic acids is 1. The molecule has 7 nitrogen and oxygen atoms in total. The van der Waals surface area contributed by atoms with Gasteiger partial charge in [0, 0.05) is 67.5 Å². The third kappa shape index (κ3) is 8.02. The van der Waals surface area contributed by atoms with E-state index < -0.39 is 0 Å². The molecule has 0 spiro atoms. The van der Waals surface area contributed by atoms with E-state index in [4.69, 9.17) is 39.8 Å². The number of amides is 1. The molecule has 10 heteroatoms. The first-order valence-electron chi connectivity index (χ1n) is 15.6. The molecule has 1 atom stereocenters. The fourth-order valence-electron chi connectivity index (χ4n) is 6.19. The Labute approximate surface area is 284 Å². The van der Waals surface area contributed by atoms with Gasteiger partial charge in [0.1, 0.15) is 0 Å². The Balaban J connectivity index is 1.06. The molecule has 0 bridgehead atoms. The van der Waals surface area contributed by atoms with Crippen molar-refractivity contribution in [1.29, 1.82) is 0 Å². The molecule has 3 heterocycles. The minimum atomic E-state index is -0.0388. The van der Waals surface area contributed by atoms with Crippen molar-refractivity contribution in [2.75, 3.05) is 38.5 Å². The van der Waals surface area contributed by atoms with Crippen LogP contribution in [-0.2, 0) is 6.42 Å². The lowest BCUT2D eigenvalue weighted by Gasteiger charge is -2.34. The Morgan fingerprint density at radius 2 is 1.80 bits per heavy atom.